The van der Waals surface area contributed by atoms with Crippen molar-refractivity contribution in [2.75, 3.05) is 12.5 Å². The molecule has 10 heavy (non-hydrogen) atoms. The van der Waals surface area contributed by atoms with E-state index >= 15 is 0 Å². The van der Waals surface area contributed by atoms with Gasteiger partial charge < -0.3 is 0 Å². The van der Waals surface area contributed by atoms with Gasteiger partial charge in [-0.2, -0.15) is 0 Å². The molecule has 0 amide bonds. The SMILES string of the molecule is [O]CC(F)(F)CCCCCl. The van der Waals surface area contributed by atoms with Crippen LogP contribution in [0.3, 0.4) is 0 Å². The molecular formula is C6H10ClF2O. The van der Waals surface area contributed by atoms with Gasteiger partial charge in [0.05, 0.1) is 0 Å². The van der Waals surface area contributed by atoms with Crippen LogP contribution in [0.4, 0.5) is 8.78 Å². The van der Waals surface area contributed by atoms with Crippen LogP contribution in [0.2, 0.25) is 0 Å². The molecule has 0 fully saturated rings. The van der Waals surface area contributed by atoms with Crippen molar-refractivity contribution in [1.29, 1.82) is 0 Å². The van der Waals surface area contributed by atoms with E-state index in [0.29, 0.717) is 18.7 Å². The lowest BCUT2D eigenvalue weighted by Crippen LogP contribution is -2.19. The highest BCUT2D eigenvalue weighted by Crippen LogP contribution is 2.20. The van der Waals surface area contributed by atoms with Gasteiger partial charge in [-0.25, -0.2) is 13.9 Å². The minimum atomic E-state index is -3.02. The molecule has 0 rings (SSSR count). The molecule has 0 aromatic rings. The van der Waals surface area contributed by atoms with Crippen molar-refractivity contribution in [2.24, 2.45) is 0 Å². The predicted molar refractivity (Wildman–Crippen MR) is 35.1 cm³/mol. The summed E-state index contributed by atoms with van der Waals surface area (Å²) in [5.41, 5.74) is 0. The Labute approximate surface area is 64.0 Å². The second-order valence-corrected chi connectivity index (χ2v) is 2.52. The average Bonchev–Trinajstić information content (AvgIpc) is 1.89. The smallest absolute Gasteiger partial charge is 0.230 e. The van der Waals surface area contributed by atoms with Gasteiger partial charge >= 0.3 is 0 Å². The quantitative estimate of drug-likeness (QED) is 0.447. The van der Waals surface area contributed by atoms with Crippen LogP contribution in [0.5, 0.6) is 0 Å². The first-order chi connectivity index (χ1) is 4.62. The molecule has 0 spiro atoms. The Kier molecular flexibility index (Phi) is 4.91. The van der Waals surface area contributed by atoms with Gasteiger partial charge in [0, 0.05) is 12.3 Å². The Morgan fingerprint density at radius 1 is 1.30 bits per heavy atom. The summed E-state index contributed by atoms with van der Waals surface area (Å²) in [5, 5.41) is 9.76. The van der Waals surface area contributed by atoms with Crippen LogP contribution in [0.25, 0.3) is 0 Å². The van der Waals surface area contributed by atoms with Gasteiger partial charge in [-0.15, -0.1) is 11.6 Å². The lowest BCUT2D eigenvalue weighted by atomic mass is 10.1. The van der Waals surface area contributed by atoms with Crippen molar-refractivity contribution >= 4 is 11.6 Å². The zero-order valence-corrected chi connectivity index (χ0v) is 6.33. The molecule has 1 nitrogen and oxygen atoms in total. The summed E-state index contributed by atoms with van der Waals surface area (Å²) in [6.07, 6.45) is 0.555. The van der Waals surface area contributed by atoms with Crippen molar-refractivity contribution in [3.05, 3.63) is 0 Å². The predicted octanol–water partition coefficient (Wildman–Crippen LogP) is 2.46. The van der Waals surface area contributed by atoms with Gasteiger partial charge in [-0.05, 0) is 12.8 Å². The fourth-order valence-electron chi connectivity index (χ4n) is 0.550. The third-order valence-corrected chi connectivity index (χ3v) is 1.40. The molecule has 0 aliphatic carbocycles. The van der Waals surface area contributed by atoms with Crippen LogP contribution in [0.15, 0.2) is 0 Å². The molecule has 0 heterocycles. The summed E-state index contributed by atoms with van der Waals surface area (Å²) < 4.78 is 24.2. The summed E-state index contributed by atoms with van der Waals surface area (Å²) >= 11 is 5.25. The van der Waals surface area contributed by atoms with Crippen LogP contribution in [-0.4, -0.2) is 18.4 Å². The molecule has 0 saturated heterocycles. The Bertz CT molecular complexity index is 87.8. The topological polar surface area (TPSA) is 19.9 Å². The maximum absolute atomic E-state index is 12.1. The molecule has 61 valence electrons. The van der Waals surface area contributed by atoms with Gasteiger partial charge in [0.2, 0.25) is 0 Å². The Hall–Kier alpha value is 0.110. The summed E-state index contributed by atoms with van der Waals surface area (Å²) in [5.74, 6) is -2.64. The van der Waals surface area contributed by atoms with Crippen molar-refractivity contribution in [2.45, 2.75) is 25.2 Å². The minimum absolute atomic E-state index is 0.330. The number of unbranched alkanes of at least 4 members (excludes halogenated alkanes) is 1. The maximum atomic E-state index is 12.1. The Balaban J connectivity index is 3.28. The van der Waals surface area contributed by atoms with E-state index in [1.807, 2.05) is 0 Å². The largest absolute Gasteiger partial charge is 0.274 e. The fraction of sp³-hybridized carbons (Fsp3) is 1.00. The second-order valence-electron chi connectivity index (χ2n) is 2.15. The van der Waals surface area contributed by atoms with Crippen molar-refractivity contribution in [3.8, 4) is 0 Å². The summed E-state index contributed by atoms with van der Waals surface area (Å²) in [6.45, 7) is -1.31. The van der Waals surface area contributed by atoms with E-state index in [2.05, 4.69) is 0 Å². The number of alkyl halides is 3. The van der Waals surface area contributed by atoms with E-state index in [0.717, 1.165) is 0 Å². The molecule has 1 radical (unpaired) electrons. The summed E-state index contributed by atoms with van der Waals surface area (Å²) in [4.78, 5) is 0. The van der Waals surface area contributed by atoms with Crippen LogP contribution in [0, 0.1) is 0 Å². The van der Waals surface area contributed by atoms with Gasteiger partial charge in [0.25, 0.3) is 5.92 Å². The number of hydrogen-bond donors (Lipinski definition) is 0. The molecule has 0 bridgehead atoms. The standard InChI is InChI=1S/C6H10ClF2O/c7-4-2-1-3-6(8,9)5-10/h1-5H2. The lowest BCUT2D eigenvalue weighted by molar-refractivity contribution is -0.0790. The first kappa shape index (κ1) is 10.1. The lowest BCUT2D eigenvalue weighted by Gasteiger charge is -2.10. The first-order valence-corrected chi connectivity index (χ1v) is 3.68. The molecule has 0 aromatic carbocycles. The third kappa shape index (κ3) is 4.94. The van der Waals surface area contributed by atoms with Crippen LogP contribution in [0.1, 0.15) is 19.3 Å². The van der Waals surface area contributed by atoms with Crippen LogP contribution >= 0.6 is 11.6 Å². The average molecular weight is 172 g/mol. The van der Waals surface area contributed by atoms with Gasteiger partial charge in [0.1, 0.15) is 6.61 Å². The minimum Gasteiger partial charge on any atom is -0.230 e. The van der Waals surface area contributed by atoms with Gasteiger partial charge in [0.15, 0.2) is 0 Å². The van der Waals surface area contributed by atoms with E-state index in [1.54, 1.807) is 0 Å². The Morgan fingerprint density at radius 2 is 1.90 bits per heavy atom. The molecule has 0 atom stereocenters. The van der Waals surface area contributed by atoms with E-state index < -0.39 is 12.5 Å². The van der Waals surface area contributed by atoms with E-state index in [4.69, 9.17) is 11.6 Å². The van der Waals surface area contributed by atoms with Gasteiger partial charge in [-0.1, -0.05) is 0 Å². The molecule has 0 aliphatic rings. The van der Waals surface area contributed by atoms with E-state index in [1.165, 1.54) is 0 Å². The summed E-state index contributed by atoms with van der Waals surface area (Å²) in [7, 11) is 0. The van der Waals surface area contributed by atoms with E-state index in [9.17, 15) is 13.9 Å². The number of rotatable bonds is 5. The zero-order chi connectivity index (χ0) is 8.04. The molecule has 4 heteroatoms. The molecular weight excluding hydrogens is 162 g/mol. The van der Waals surface area contributed by atoms with Crippen molar-refractivity contribution in [3.63, 3.8) is 0 Å². The second kappa shape index (κ2) is 4.85. The molecule has 0 N–H and O–H groups in total. The van der Waals surface area contributed by atoms with Gasteiger partial charge in [-0.3, -0.25) is 0 Å². The highest BCUT2D eigenvalue weighted by Gasteiger charge is 2.27. The third-order valence-electron chi connectivity index (χ3n) is 1.14. The molecule has 0 unspecified atom stereocenters. The van der Waals surface area contributed by atoms with Crippen molar-refractivity contribution < 1.29 is 13.9 Å². The Morgan fingerprint density at radius 3 is 2.30 bits per heavy atom. The fourth-order valence-corrected chi connectivity index (χ4v) is 0.739. The first-order valence-electron chi connectivity index (χ1n) is 3.14. The highest BCUT2D eigenvalue weighted by molar-refractivity contribution is 6.17. The monoisotopic (exact) mass is 171 g/mol. The number of hydrogen-bond acceptors (Lipinski definition) is 0. The molecule has 0 saturated carbocycles. The molecule has 0 aliphatic heterocycles. The number of halogens is 3. The van der Waals surface area contributed by atoms with Crippen molar-refractivity contribution in [1.82, 2.24) is 0 Å². The summed E-state index contributed by atoms with van der Waals surface area (Å²) in [6, 6.07) is 0. The van der Waals surface area contributed by atoms with E-state index in [-0.39, 0.29) is 6.42 Å². The highest BCUT2D eigenvalue weighted by atomic mass is 35.5. The van der Waals surface area contributed by atoms with Crippen LogP contribution < -0.4 is 0 Å². The maximum Gasteiger partial charge on any atom is 0.274 e. The molecule has 0 aromatic heterocycles. The van der Waals surface area contributed by atoms with Crippen LogP contribution in [-0.2, 0) is 5.11 Å². The normalized spacial score (nSPS) is 12.0. The zero-order valence-electron chi connectivity index (χ0n) is 5.58.